The van der Waals surface area contributed by atoms with Gasteiger partial charge in [-0.2, -0.15) is 0 Å². The lowest BCUT2D eigenvalue weighted by Crippen LogP contribution is -2.39. The maximum absolute atomic E-state index is 12.2. The molecule has 30 heavy (non-hydrogen) atoms. The molecular weight excluding hydrogens is 513 g/mol. The number of aryl methyl sites for hydroxylation is 1. The van der Waals surface area contributed by atoms with E-state index in [4.69, 9.17) is 4.74 Å². The molecule has 0 fully saturated rings. The molecule has 0 aliphatic rings. The van der Waals surface area contributed by atoms with Gasteiger partial charge in [0.25, 0.3) is 5.91 Å². The van der Waals surface area contributed by atoms with Gasteiger partial charge in [0.15, 0.2) is 5.96 Å². The average Bonchev–Trinajstić information content (AvgIpc) is 3.17. The highest BCUT2D eigenvalue weighted by Gasteiger charge is 2.12. The van der Waals surface area contributed by atoms with Gasteiger partial charge in [0.1, 0.15) is 11.1 Å². The number of nitrogens with one attached hydrogen (secondary N) is 2. The standard InChI is InChI=1S/C21H31N5O2S.HI/c1-6-22-21(26(4)13-18-14-29-20(25-18)16(3)28-5)24-11-10-23-19(27)17-9-7-8-15(2)12-17;/h7-9,12,14,16H,6,10-11,13H2,1-5H3,(H,22,24)(H,23,27);1H. The van der Waals surface area contributed by atoms with Crippen molar-refractivity contribution in [2.75, 3.05) is 33.8 Å². The Labute approximate surface area is 200 Å². The van der Waals surface area contributed by atoms with E-state index in [1.165, 1.54) is 0 Å². The molecule has 2 rings (SSSR count). The molecule has 2 N–H and O–H groups in total. The summed E-state index contributed by atoms with van der Waals surface area (Å²) in [5, 5.41) is 9.22. The van der Waals surface area contributed by atoms with Gasteiger partial charge in [0.05, 0.1) is 18.8 Å². The van der Waals surface area contributed by atoms with Crippen molar-refractivity contribution in [2.24, 2.45) is 4.99 Å². The van der Waals surface area contributed by atoms with Crippen LogP contribution in [0.4, 0.5) is 0 Å². The third kappa shape index (κ3) is 8.19. The minimum absolute atomic E-state index is 0. The number of thiazole rings is 1. The molecule has 0 aliphatic heterocycles. The first-order valence-electron chi connectivity index (χ1n) is 9.76. The first-order chi connectivity index (χ1) is 13.9. The number of methoxy groups -OCH3 is 1. The number of hydrogen-bond acceptors (Lipinski definition) is 5. The van der Waals surface area contributed by atoms with Gasteiger partial charge >= 0.3 is 0 Å². The zero-order valence-corrected chi connectivity index (χ0v) is 21.4. The molecule has 7 nitrogen and oxygen atoms in total. The molecule has 0 saturated heterocycles. The Morgan fingerprint density at radius 1 is 1.37 bits per heavy atom. The van der Waals surface area contributed by atoms with Crippen LogP contribution in [0.15, 0.2) is 34.6 Å². The predicted molar refractivity (Wildman–Crippen MR) is 134 cm³/mol. The molecule has 166 valence electrons. The molecule has 9 heteroatoms. The predicted octanol–water partition coefficient (Wildman–Crippen LogP) is 3.60. The number of carbonyl (C=O) groups excluding carboxylic acids is 1. The third-order valence-electron chi connectivity index (χ3n) is 4.31. The summed E-state index contributed by atoms with van der Waals surface area (Å²) in [7, 11) is 3.66. The van der Waals surface area contributed by atoms with Gasteiger partial charge in [0.2, 0.25) is 0 Å². The molecule has 0 saturated carbocycles. The quantitative estimate of drug-likeness (QED) is 0.218. The summed E-state index contributed by atoms with van der Waals surface area (Å²) < 4.78 is 5.33. The second-order valence-electron chi connectivity index (χ2n) is 6.77. The van der Waals surface area contributed by atoms with E-state index in [0.29, 0.717) is 25.2 Å². The lowest BCUT2D eigenvalue weighted by atomic mass is 10.1. The minimum Gasteiger partial charge on any atom is -0.375 e. The molecule has 1 heterocycles. The number of aromatic nitrogens is 1. The van der Waals surface area contributed by atoms with E-state index in [0.717, 1.165) is 28.8 Å². The molecule has 0 aliphatic carbocycles. The number of benzene rings is 1. The molecule has 2 aromatic rings. The van der Waals surface area contributed by atoms with Crippen LogP contribution < -0.4 is 10.6 Å². The molecule has 0 bridgehead atoms. The van der Waals surface area contributed by atoms with E-state index >= 15 is 0 Å². The monoisotopic (exact) mass is 545 g/mol. The summed E-state index contributed by atoms with van der Waals surface area (Å²) in [6, 6.07) is 7.55. The second-order valence-corrected chi connectivity index (χ2v) is 7.66. The number of hydrogen-bond donors (Lipinski definition) is 2. The van der Waals surface area contributed by atoms with Crippen LogP contribution in [0.5, 0.6) is 0 Å². The van der Waals surface area contributed by atoms with Crippen LogP contribution in [0.3, 0.4) is 0 Å². The average molecular weight is 545 g/mol. The highest BCUT2D eigenvalue weighted by Crippen LogP contribution is 2.20. The van der Waals surface area contributed by atoms with Crippen molar-refractivity contribution in [3.8, 4) is 0 Å². The van der Waals surface area contributed by atoms with Gasteiger partial charge < -0.3 is 20.3 Å². The van der Waals surface area contributed by atoms with Crippen molar-refractivity contribution in [1.82, 2.24) is 20.5 Å². The molecule has 1 aromatic carbocycles. The summed E-state index contributed by atoms with van der Waals surface area (Å²) in [4.78, 5) is 23.5. The Bertz CT molecular complexity index is 827. The van der Waals surface area contributed by atoms with Gasteiger partial charge in [-0.25, -0.2) is 4.98 Å². The SMILES string of the molecule is CCNC(=NCCNC(=O)c1cccc(C)c1)N(C)Cc1csc(C(C)OC)n1.I. The summed E-state index contributed by atoms with van der Waals surface area (Å²) in [6.45, 7) is 8.37. The first kappa shape index (κ1) is 26.3. The van der Waals surface area contributed by atoms with Gasteiger partial charge in [-0.15, -0.1) is 35.3 Å². The van der Waals surface area contributed by atoms with Crippen LogP contribution in [-0.4, -0.2) is 55.5 Å². The van der Waals surface area contributed by atoms with Crippen LogP contribution in [0, 0.1) is 6.92 Å². The number of guanidine groups is 1. The zero-order chi connectivity index (χ0) is 21.2. The summed E-state index contributed by atoms with van der Waals surface area (Å²) in [6.07, 6.45) is -0.00188. The molecule has 0 spiro atoms. The van der Waals surface area contributed by atoms with E-state index in [2.05, 4.69) is 20.6 Å². The number of amides is 1. The minimum atomic E-state index is -0.0791. The highest BCUT2D eigenvalue weighted by molar-refractivity contribution is 14.0. The van der Waals surface area contributed by atoms with Crippen molar-refractivity contribution >= 4 is 47.2 Å². The highest BCUT2D eigenvalue weighted by atomic mass is 127. The summed E-state index contributed by atoms with van der Waals surface area (Å²) >= 11 is 1.60. The Hall–Kier alpha value is -1.72. The smallest absolute Gasteiger partial charge is 0.251 e. The van der Waals surface area contributed by atoms with E-state index < -0.39 is 0 Å². The van der Waals surface area contributed by atoms with Crippen molar-refractivity contribution in [3.63, 3.8) is 0 Å². The van der Waals surface area contributed by atoms with Crippen molar-refractivity contribution in [2.45, 2.75) is 33.4 Å². The van der Waals surface area contributed by atoms with Gasteiger partial charge in [-0.3, -0.25) is 9.79 Å². The fourth-order valence-corrected chi connectivity index (χ4v) is 3.53. The largest absolute Gasteiger partial charge is 0.375 e. The number of nitrogens with zero attached hydrogens (tertiary/aromatic N) is 3. The molecule has 0 radical (unpaired) electrons. The lowest BCUT2D eigenvalue weighted by molar-refractivity contribution is 0.0954. The van der Waals surface area contributed by atoms with Crippen molar-refractivity contribution in [3.05, 3.63) is 51.5 Å². The van der Waals surface area contributed by atoms with E-state index in [-0.39, 0.29) is 36.0 Å². The number of ether oxygens (including phenoxy) is 1. The fraction of sp³-hybridized carbons (Fsp3) is 0.476. The maximum Gasteiger partial charge on any atom is 0.251 e. The first-order valence-corrected chi connectivity index (χ1v) is 10.6. The molecule has 1 amide bonds. The van der Waals surface area contributed by atoms with Crippen LogP contribution in [0.1, 0.15) is 46.6 Å². The molecule has 1 aromatic heterocycles. The van der Waals surface area contributed by atoms with Crippen LogP contribution in [0.25, 0.3) is 0 Å². The number of aliphatic imine (C=N–C) groups is 1. The normalized spacial score (nSPS) is 12.1. The topological polar surface area (TPSA) is 78.9 Å². The van der Waals surface area contributed by atoms with Gasteiger partial charge in [0, 0.05) is 38.2 Å². The van der Waals surface area contributed by atoms with Crippen molar-refractivity contribution < 1.29 is 9.53 Å². The Kier molecular flexibility index (Phi) is 11.9. The van der Waals surface area contributed by atoms with Crippen LogP contribution >= 0.6 is 35.3 Å². The molecule has 1 atom stereocenters. The Morgan fingerprint density at radius 2 is 2.13 bits per heavy atom. The van der Waals surface area contributed by atoms with E-state index in [1.54, 1.807) is 18.4 Å². The van der Waals surface area contributed by atoms with Gasteiger partial charge in [-0.1, -0.05) is 17.7 Å². The van der Waals surface area contributed by atoms with Crippen LogP contribution in [0.2, 0.25) is 0 Å². The van der Waals surface area contributed by atoms with E-state index in [9.17, 15) is 4.79 Å². The zero-order valence-electron chi connectivity index (χ0n) is 18.3. The van der Waals surface area contributed by atoms with Gasteiger partial charge in [-0.05, 0) is 32.9 Å². The maximum atomic E-state index is 12.2. The van der Waals surface area contributed by atoms with Crippen molar-refractivity contribution in [1.29, 1.82) is 0 Å². The summed E-state index contributed by atoms with van der Waals surface area (Å²) in [5.41, 5.74) is 2.72. The fourth-order valence-electron chi connectivity index (χ4n) is 2.69. The number of rotatable bonds is 9. The lowest BCUT2D eigenvalue weighted by Gasteiger charge is -2.21. The molecule has 1 unspecified atom stereocenters. The van der Waals surface area contributed by atoms with E-state index in [1.807, 2.05) is 62.4 Å². The Morgan fingerprint density at radius 3 is 2.80 bits per heavy atom. The second kappa shape index (κ2) is 13.6. The Balaban J connectivity index is 0.00000450. The summed E-state index contributed by atoms with van der Waals surface area (Å²) in [5.74, 6) is 0.705. The van der Waals surface area contributed by atoms with Crippen LogP contribution in [-0.2, 0) is 11.3 Å². The number of carbonyl (C=O) groups is 1. The number of halogens is 1. The molecular formula is C21H32IN5O2S. The third-order valence-corrected chi connectivity index (χ3v) is 5.36.